The lowest BCUT2D eigenvalue weighted by atomic mass is 9.94. The van der Waals surface area contributed by atoms with Gasteiger partial charge in [-0.25, -0.2) is 0 Å². The summed E-state index contributed by atoms with van der Waals surface area (Å²) in [6, 6.07) is 8.49. The van der Waals surface area contributed by atoms with Crippen molar-refractivity contribution in [1.29, 1.82) is 0 Å². The number of aliphatic hydroxyl groups is 1. The van der Waals surface area contributed by atoms with E-state index in [0.717, 1.165) is 18.7 Å². The first kappa shape index (κ1) is 11.4. The summed E-state index contributed by atoms with van der Waals surface area (Å²) >= 11 is 0. The Morgan fingerprint density at radius 3 is 2.62 bits per heavy atom. The van der Waals surface area contributed by atoms with Crippen LogP contribution in [0.3, 0.4) is 0 Å². The number of aliphatic hydroxyl groups excluding tert-OH is 1. The van der Waals surface area contributed by atoms with E-state index < -0.39 is 0 Å². The topological polar surface area (TPSA) is 32.7 Å². The molecule has 1 saturated heterocycles. The van der Waals surface area contributed by atoms with Crippen LogP contribution in [0.2, 0.25) is 0 Å². The molecule has 1 aliphatic rings. The van der Waals surface area contributed by atoms with E-state index in [1.807, 2.05) is 12.1 Å². The Bertz CT molecular complexity index is 336. The zero-order valence-electron chi connectivity index (χ0n) is 9.89. The van der Waals surface area contributed by atoms with Crippen LogP contribution in [-0.4, -0.2) is 37.3 Å². The van der Waals surface area contributed by atoms with Crippen LogP contribution < -0.4 is 4.74 Å². The number of likely N-dealkylation sites (tertiary alicyclic amines) is 1. The first-order valence-corrected chi connectivity index (χ1v) is 5.71. The van der Waals surface area contributed by atoms with Gasteiger partial charge >= 0.3 is 0 Å². The average Bonchev–Trinajstić information content (AvgIpc) is 2.70. The van der Waals surface area contributed by atoms with Gasteiger partial charge in [0.05, 0.1) is 7.11 Å². The smallest absolute Gasteiger partial charge is 0.118 e. The molecular formula is C13H19NO2. The monoisotopic (exact) mass is 221 g/mol. The molecule has 1 aromatic carbocycles. The highest BCUT2D eigenvalue weighted by Crippen LogP contribution is 2.36. The SMILES string of the molecule is COc1ccc([C@H]2[C@H](CO)CCN2C)cc1. The second kappa shape index (κ2) is 4.85. The minimum absolute atomic E-state index is 0.265. The maximum Gasteiger partial charge on any atom is 0.118 e. The number of rotatable bonds is 3. The standard InChI is InChI=1S/C13H19NO2/c1-14-8-7-11(9-15)13(14)10-3-5-12(16-2)6-4-10/h3-6,11,13,15H,7-9H2,1-2H3/t11-,13-/m0/s1. The van der Waals surface area contributed by atoms with Crippen LogP contribution in [0, 0.1) is 5.92 Å². The van der Waals surface area contributed by atoms with Gasteiger partial charge in [-0.3, -0.25) is 4.90 Å². The van der Waals surface area contributed by atoms with E-state index in [4.69, 9.17) is 4.74 Å². The van der Waals surface area contributed by atoms with Gasteiger partial charge in [0, 0.05) is 18.6 Å². The number of nitrogens with zero attached hydrogens (tertiary/aromatic N) is 1. The maximum atomic E-state index is 9.36. The summed E-state index contributed by atoms with van der Waals surface area (Å²) in [6.07, 6.45) is 1.07. The number of hydrogen-bond acceptors (Lipinski definition) is 3. The van der Waals surface area contributed by atoms with Gasteiger partial charge in [-0.2, -0.15) is 0 Å². The number of ether oxygens (including phenoxy) is 1. The Kier molecular flexibility index (Phi) is 3.46. The molecule has 0 aromatic heterocycles. The summed E-state index contributed by atoms with van der Waals surface area (Å²) in [5, 5.41) is 9.36. The minimum atomic E-state index is 0.265. The largest absolute Gasteiger partial charge is 0.497 e. The molecule has 2 rings (SSSR count). The normalized spacial score (nSPS) is 25.9. The minimum Gasteiger partial charge on any atom is -0.497 e. The van der Waals surface area contributed by atoms with Crippen molar-refractivity contribution >= 4 is 0 Å². The molecule has 3 nitrogen and oxygen atoms in total. The van der Waals surface area contributed by atoms with Crippen LogP contribution in [0.4, 0.5) is 0 Å². The Morgan fingerprint density at radius 2 is 2.06 bits per heavy atom. The molecule has 0 spiro atoms. The van der Waals surface area contributed by atoms with Crippen LogP contribution in [0.25, 0.3) is 0 Å². The van der Waals surface area contributed by atoms with E-state index >= 15 is 0 Å². The van der Waals surface area contributed by atoms with Gasteiger partial charge < -0.3 is 9.84 Å². The first-order valence-electron chi connectivity index (χ1n) is 5.71. The van der Waals surface area contributed by atoms with Crippen LogP contribution in [0.15, 0.2) is 24.3 Å². The van der Waals surface area contributed by atoms with Crippen LogP contribution in [0.5, 0.6) is 5.75 Å². The molecule has 16 heavy (non-hydrogen) atoms. The lowest BCUT2D eigenvalue weighted by molar-refractivity contribution is 0.182. The van der Waals surface area contributed by atoms with E-state index in [2.05, 4.69) is 24.1 Å². The van der Waals surface area contributed by atoms with Crippen molar-refractivity contribution in [2.45, 2.75) is 12.5 Å². The van der Waals surface area contributed by atoms with Gasteiger partial charge in [0.15, 0.2) is 0 Å². The molecule has 0 unspecified atom stereocenters. The molecule has 0 saturated carbocycles. The summed E-state index contributed by atoms with van der Waals surface area (Å²) in [5.41, 5.74) is 1.26. The molecule has 1 N–H and O–H groups in total. The molecule has 0 radical (unpaired) electrons. The molecule has 0 aliphatic carbocycles. The zero-order chi connectivity index (χ0) is 11.5. The zero-order valence-corrected chi connectivity index (χ0v) is 9.89. The predicted octanol–water partition coefficient (Wildman–Crippen LogP) is 1.68. The molecule has 1 aliphatic heterocycles. The third-order valence-electron chi connectivity index (χ3n) is 3.47. The van der Waals surface area contributed by atoms with E-state index in [1.165, 1.54) is 5.56 Å². The molecule has 0 amide bonds. The molecule has 88 valence electrons. The first-order chi connectivity index (χ1) is 7.76. The van der Waals surface area contributed by atoms with Crippen LogP contribution >= 0.6 is 0 Å². The molecule has 1 fully saturated rings. The van der Waals surface area contributed by atoms with Crippen molar-refractivity contribution in [1.82, 2.24) is 4.90 Å². The van der Waals surface area contributed by atoms with E-state index in [9.17, 15) is 5.11 Å². The van der Waals surface area contributed by atoms with Gasteiger partial charge in [-0.1, -0.05) is 12.1 Å². The molecule has 1 aromatic rings. The van der Waals surface area contributed by atoms with E-state index in [1.54, 1.807) is 7.11 Å². The van der Waals surface area contributed by atoms with Gasteiger partial charge in [0.2, 0.25) is 0 Å². The lowest BCUT2D eigenvalue weighted by Gasteiger charge is -2.24. The summed E-state index contributed by atoms with van der Waals surface area (Å²) in [7, 11) is 3.79. The summed E-state index contributed by atoms with van der Waals surface area (Å²) < 4.78 is 5.15. The van der Waals surface area contributed by atoms with Crippen molar-refractivity contribution in [2.24, 2.45) is 5.92 Å². The second-order valence-electron chi connectivity index (χ2n) is 4.43. The van der Waals surface area contributed by atoms with Crippen molar-refractivity contribution in [3.63, 3.8) is 0 Å². The summed E-state index contributed by atoms with van der Waals surface area (Å²) in [4.78, 5) is 2.31. The fourth-order valence-corrected chi connectivity index (χ4v) is 2.55. The molecule has 1 heterocycles. The molecular weight excluding hydrogens is 202 g/mol. The summed E-state index contributed by atoms with van der Waals surface area (Å²) in [6.45, 7) is 1.32. The number of benzene rings is 1. The molecule has 0 bridgehead atoms. The highest BCUT2D eigenvalue weighted by Gasteiger charge is 2.32. The number of methoxy groups -OCH3 is 1. The molecule has 3 heteroatoms. The van der Waals surface area contributed by atoms with E-state index in [0.29, 0.717) is 12.0 Å². The highest BCUT2D eigenvalue weighted by molar-refractivity contribution is 5.30. The van der Waals surface area contributed by atoms with Crippen molar-refractivity contribution in [3.05, 3.63) is 29.8 Å². The van der Waals surface area contributed by atoms with Gasteiger partial charge in [0.1, 0.15) is 5.75 Å². The fraction of sp³-hybridized carbons (Fsp3) is 0.538. The van der Waals surface area contributed by atoms with Crippen molar-refractivity contribution in [3.8, 4) is 5.75 Å². The Labute approximate surface area is 96.6 Å². The van der Waals surface area contributed by atoms with Gasteiger partial charge in [-0.15, -0.1) is 0 Å². The third kappa shape index (κ3) is 2.06. The van der Waals surface area contributed by atoms with Crippen molar-refractivity contribution < 1.29 is 9.84 Å². The third-order valence-corrected chi connectivity index (χ3v) is 3.47. The van der Waals surface area contributed by atoms with Gasteiger partial charge in [0.25, 0.3) is 0 Å². The Morgan fingerprint density at radius 1 is 1.38 bits per heavy atom. The predicted molar refractivity (Wildman–Crippen MR) is 63.6 cm³/mol. The quantitative estimate of drug-likeness (QED) is 0.843. The van der Waals surface area contributed by atoms with Gasteiger partial charge in [-0.05, 0) is 37.7 Å². The Balaban J connectivity index is 2.21. The highest BCUT2D eigenvalue weighted by atomic mass is 16.5. The molecule has 2 atom stereocenters. The fourth-order valence-electron chi connectivity index (χ4n) is 2.55. The Hall–Kier alpha value is -1.06. The maximum absolute atomic E-state index is 9.36. The lowest BCUT2D eigenvalue weighted by Crippen LogP contribution is -2.22. The van der Waals surface area contributed by atoms with E-state index in [-0.39, 0.29) is 6.61 Å². The van der Waals surface area contributed by atoms with Crippen LogP contribution in [0.1, 0.15) is 18.0 Å². The van der Waals surface area contributed by atoms with Crippen LogP contribution in [-0.2, 0) is 0 Å². The number of hydrogen-bond donors (Lipinski definition) is 1. The van der Waals surface area contributed by atoms with Crippen molar-refractivity contribution in [2.75, 3.05) is 27.3 Å². The summed E-state index contributed by atoms with van der Waals surface area (Å²) in [5.74, 6) is 1.24. The average molecular weight is 221 g/mol. The second-order valence-corrected chi connectivity index (χ2v) is 4.43.